The van der Waals surface area contributed by atoms with Gasteiger partial charge in [-0.2, -0.15) is 0 Å². The highest BCUT2D eigenvalue weighted by Gasteiger charge is 2.42. The first-order valence-corrected chi connectivity index (χ1v) is 7.16. The summed E-state index contributed by atoms with van der Waals surface area (Å²) in [6, 6.07) is 0. The Morgan fingerprint density at radius 1 is 1.06 bits per heavy atom. The summed E-state index contributed by atoms with van der Waals surface area (Å²) in [4.78, 5) is 10.6. The minimum absolute atomic E-state index is 0.0514. The highest BCUT2D eigenvalue weighted by molar-refractivity contribution is 8.08. The van der Waals surface area contributed by atoms with Crippen LogP contribution in [0.1, 0.15) is 19.8 Å². The normalized spacial score (nSPS) is 23.9. The maximum absolute atomic E-state index is 11.7. The summed E-state index contributed by atoms with van der Waals surface area (Å²) in [5.74, 6) is -1.09. The number of carbonyl (C=O) groups excluding carboxylic acids is 1. The summed E-state index contributed by atoms with van der Waals surface area (Å²) in [5, 5.41) is 0. The molecule has 0 N–H and O–H groups in total. The Balaban J connectivity index is 3.61. The molecule has 0 unspecified atom stereocenters. The lowest BCUT2D eigenvalue weighted by Crippen LogP contribution is -2.39. The van der Waals surface area contributed by atoms with Crippen LogP contribution in [0.15, 0.2) is 23.0 Å². The highest BCUT2D eigenvalue weighted by Crippen LogP contribution is 2.30. The van der Waals surface area contributed by atoms with E-state index in [1.54, 1.807) is 0 Å². The Labute approximate surface area is 94.4 Å². The van der Waals surface area contributed by atoms with Crippen LogP contribution in [0, 0.1) is 0 Å². The van der Waals surface area contributed by atoms with Gasteiger partial charge in [0.05, 0.1) is 9.81 Å². The van der Waals surface area contributed by atoms with E-state index in [9.17, 15) is 21.6 Å². The predicted molar refractivity (Wildman–Crippen MR) is 57.9 cm³/mol. The van der Waals surface area contributed by atoms with Crippen LogP contribution >= 0.6 is 0 Å². The highest BCUT2D eigenvalue weighted by atomic mass is 32.3. The molecule has 6 nitrogen and oxygen atoms in total. The molecule has 1 heterocycles. The van der Waals surface area contributed by atoms with Gasteiger partial charge in [0, 0.05) is 6.92 Å². The summed E-state index contributed by atoms with van der Waals surface area (Å²) >= 11 is 0. The van der Waals surface area contributed by atoms with E-state index in [4.69, 9.17) is 0 Å². The Morgan fingerprint density at radius 2 is 1.38 bits per heavy atom. The Hall–Kier alpha value is -1.15. The number of amides is 1. The van der Waals surface area contributed by atoms with E-state index < -0.39 is 26.0 Å². The second-order valence-electron chi connectivity index (χ2n) is 3.30. The minimum atomic E-state index is -4.34. The van der Waals surface area contributed by atoms with Crippen molar-refractivity contribution in [1.29, 1.82) is 0 Å². The molecule has 1 amide bonds. The Morgan fingerprint density at radius 3 is 1.62 bits per heavy atom. The van der Waals surface area contributed by atoms with Crippen molar-refractivity contribution >= 4 is 26.0 Å². The first-order valence-electron chi connectivity index (χ1n) is 4.28. The van der Waals surface area contributed by atoms with Gasteiger partial charge in [-0.3, -0.25) is 4.79 Å². The van der Waals surface area contributed by atoms with E-state index in [2.05, 4.69) is 13.2 Å². The van der Waals surface area contributed by atoms with Gasteiger partial charge < -0.3 is 0 Å². The molecule has 0 aromatic heterocycles. The standard InChI is InChI=1S/C8H11NO5S2/c1-6-4-5-7(2)16(13,14)9(8(3)10)15(6,11)12/h1-2,4-5H2,3H3. The summed E-state index contributed by atoms with van der Waals surface area (Å²) in [6.45, 7) is 7.41. The average Bonchev–Trinajstić information content (AvgIpc) is 2.15. The van der Waals surface area contributed by atoms with Crippen molar-refractivity contribution in [3.63, 3.8) is 0 Å². The number of rotatable bonds is 0. The van der Waals surface area contributed by atoms with Crippen LogP contribution in [-0.4, -0.2) is 26.5 Å². The zero-order chi connectivity index (χ0) is 12.7. The molecule has 1 saturated heterocycles. The van der Waals surface area contributed by atoms with E-state index >= 15 is 0 Å². The molecule has 0 aromatic rings. The molecular weight excluding hydrogens is 254 g/mol. The van der Waals surface area contributed by atoms with Crippen molar-refractivity contribution in [3.05, 3.63) is 23.0 Å². The fourth-order valence-corrected chi connectivity index (χ4v) is 4.77. The van der Waals surface area contributed by atoms with Gasteiger partial charge in [0.15, 0.2) is 0 Å². The molecule has 0 saturated carbocycles. The molecule has 1 aliphatic rings. The topological polar surface area (TPSA) is 88.6 Å². The van der Waals surface area contributed by atoms with E-state index in [-0.39, 0.29) is 26.4 Å². The number of hydrogen-bond acceptors (Lipinski definition) is 5. The van der Waals surface area contributed by atoms with Gasteiger partial charge in [0.1, 0.15) is 0 Å². The monoisotopic (exact) mass is 265 g/mol. The quantitative estimate of drug-likeness (QED) is 0.629. The third kappa shape index (κ3) is 1.78. The van der Waals surface area contributed by atoms with Crippen LogP contribution in [0.25, 0.3) is 0 Å². The molecule has 1 fully saturated rings. The van der Waals surface area contributed by atoms with Crippen LogP contribution in [0.2, 0.25) is 0 Å². The number of sulfonamides is 2. The summed E-state index contributed by atoms with van der Waals surface area (Å²) in [6.07, 6.45) is -0.103. The summed E-state index contributed by atoms with van der Waals surface area (Å²) in [5.41, 5.74) is 0. The van der Waals surface area contributed by atoms with E-state index in [0.29, 0.717) is 0 Å². The fraction of sp³-hybridized carbons (Fsp3) is 0.375. The smallest absolute Gasteiger partial charge is 0.273 e. The second kappa shape index (κ2) is 3.70. The van der Waals surface area contributed by atoms with Crippen LogP contribution < -0.4 is 0 Å². The van der Waals surface area contributed by atoms with E-state index in [1.165, 1.54) is 0 Å². The largest absolute Gasteiger partial charge is 0.275 e. The molecule has 0 bridgehead atoms. The lowest BCUT2D eigenvalue weighted by atomic mass is 10.3. The zero-order valence-corrected chi connectivity index (χ0v) is 10.3. The summed E-state index contributed by atoms with van der Waals surface area (Å²) < 4.78 is 46.7. The van der Waals surface area contributed by atoms with E-state index in [1.807, 2.05) is 0 Å². The molecule has 0 atom stereocenters. The predicted octanol–water partition coefficient (Wildman–Crippen LogP) is 0.316. The van der Waals surface area contributed by atoms with Crippen LogP contribution in [0.4, 0.5) is 0 Å². The van der Waals surface area contributed by atoms with Crippen molar-refractivity contribution < 1.29 is 21.6 Å². The molecule has 8 heteroatoms. The molecule has 90 valence electrons. The van der Waals surface area contributed by atoms with Gasteiger partial charge in [-0.1, -0.05) is 13.2 Å². The third-order valence-corrected chi connectivity index (χ3v) is 6.54. The molecule has 0 aliphatic carbocycles. The number of nitrogens with zero attached hydrogens (tertiary/aromatic N) is 1. The van der Waals surface area contributed by atoms with Crippen molar-refractivity contribution in [2.45, 2.75) is 19.8 Å². The van der Waals surface area contributed by atoms with Gasteiger partial charge in [-0.25, -0.2) is 16.8 Å². The summed E-state index contributed by atoms with van der Waals surface area (Å²) in [7, 11) is -8.68. The van der Waals surface area contributed by atoms with Crippen LogP contribution in [-0.2, 0) is 24.8 Å². The van der Waals surface area contributed by atoms with Crippen LogP contribution in [0.3, 0.4) is 0 Å². The third-order valence-electron chi connectivity index (χ3n) is 2.11. The first-order chi connectivity index (χ1) is 7.11. The maximum Gasteiger partial charge on any atom is 0.275 e. The maximum atomic E-state index is 11.7. The SMILES string of the molecule is C=C1CCC(=C)S(=O)(=O)N(C(C)=O)S1(=O)=O. The van der Waals surface area contributed by atoms with Gasteiger partial charge in [-0.05, 0) is 12.8 Å². The van der Waals surface area contributed by atoms with Gasteiger partial charge in [0.25, 0.3) is 20.0 Å². The van der Waals surface area contributed by atoms with Gasteiger partial charge in [-0.15, -0.1) is 3.71 Å². The average molecular weight is 265 g/mol. The zero-order valence-electron chi connectivity index (χ0n) is 8.63. The Bertz CT molecular complexity index is 524. The fourth-order valence-electron chi connectivity index (χ4n) is 1.24. The van der Waals surface area contributed by atoms with Crippen molar-refractivity contribution in [3.8, 4) is 0 Å². The number of allylic oxidation sites excluding steroid dienone is 2. The second-order valence-corrected chi connectivity index (χ2v) is 7.32. The molecule has 1 aliphatic heterocycles. The molecular formula is C8H11NO5S2. The van der Waals surface area contributed by atoms with Crippen molar-refractivity contribution in [2.75, 3.05) is 0 Å². The van der Waals surface area contributed by atoms with E-state index in [0.717, 1.165) is 6.92 Å². The van der Waals surface area contributed by atoms with Gasteiger partial charge in [0.2, 0.25) is 5.91 Å². The Kier molecular flexibility index (Phi) is 2.99. The van der Waals surface area contributed by atoms with Gasteiger partial charge >= 0.3 is 0 Å². The molecule has 0 aromatic carbocycles. The first kappa shape index (κ1) is 12.9. The molecule has 16 heavy (non-hydrogen) atoms. The van der Waals surface area contributed by atoms with Crippen molar-refractivity contribution in [1.82, 2.24) is 3.71 Å². The number of hydrogen-bond donors (Lipinski definition) is 0. The minimum Gasteiger partial charge on any atom is -0.273 e. The van der Waals surface area contributed by atoms with Crippen molar-refractivity contribution in [2.24, 2.45) is 0 Å². The number of carbonyl (C=O) groups is 1. The van der Waals surface area contributed by atoms with Crippen LogP contribution in [0.5, 0.6) is 0 Å². The molecule has 0 radical (unpaired) electrons. The lowest BCUT2D eigenvalue weighted by Gasteiger charge is -2.18. The lowest BCUT2D eigenvalue weighted by molar-refractivity contribution is -0.121. The molecule has 0 spiro atoms. The molecule has 1 rings (SSSR count).